The molecule has 2 heterocycles. The molecule has 1 amide bonds. The van der Waals surface area contributed by atoms with E-state index in [1.165, 1.54) is 0 Å². The van der Waals surface area contributed by atoms with E-state index in [4.69, 9.17) is 9.47 Å². The van der Waals surface area contributed by atoms with Gasteiger partial charge in [-0.3, -0.25) is 4.79 Å². The molecular weight excluding hydrogens is 364 g/mol. The maximum atomic E-state index is 12.4. The van der Waals surface area contributed by atoms with Crippen molar-refractivity contribution in [1.29, 1.82) is 0 Å². The fourth-order valence-electron chi connectivity index (χ4n) is 3.14. The van der Waals surface area contributed by atoms with E-state index in [2.05, 4.69) is 10.3 Å². The average Bonchev–Trinajstić information content (AvgIpc) is 2.75. The molecule has 2 aromatic carbocycles. The van der Waals surface area contributed by atoms with Crippen LogP contribution in [-0.2, 0) is 0 Å². The summed E-state index contributed by atoms with van der Waals surface area (Å²) in [5, 5.41) is 2.85. The van der Waals surface area contributed by atoms with E-state index >= 15 is 0 Å². The van der Waals surface area contributed by atoms with E-state index in [1.54, 1.807) is 12.3 Å². The quantitative estimate of drug-likeness (QED) is 0.649. The first-order chi connectivity index (χ1) is 14.1. The number of carbonyl (C=O) groups is 1. The van der Waals surface area contributed by atoms with Crippen LogP contribution < -0.4 is 14.8 Å². The summed E-state index contributed by atoms with van der Waals surface area (Å²) in [6.07, 6.45) is 1.76. The van der Waals surface area contributed by atoms with E-state index in [0.29, 0.717) is 24.6 Å². The van der Waals surface area contributed by atoms with Crippen LogP contribution in [0.4, 0.5) is 5.82 Å². The van der Waals surface area contributed by atoms with Crippen LogP contribution in [0.5, 0.6) is 11.5 Å². The van der Waals surface area contributed by atoms with Crippen molar-refractivity contribution in [2.24, 2.45) is 0 Å². The zero-order chi connectivity index (χ0) is 20.8. The largest absolute Gasteiger partial charge is 0.486 e. The van der Waals surface area contributed by atoms with Crippen LogP contribution in [0, 0.1) is 13.8 Å². The lowest BCUT2D eigenvalue weighted by atomic mass is 10.0. The van der Waals surface area contributed by atoms with Gasteiger partial charge in [-0.05, 0) is 60.9 Å². The zero-order valence-corrected chi connectivity index (χ0v) is 17.3. The van der Waals surface area contributed by atoms with Gasteiger partial charge in [0.05, 0.1) is 0 Å². The minimum absolute atomic E-state index is 0.163. The molecule has 0 radical (unpaired) electrons. The lowest BCUT2D eigenvalue weighted by molar-refractivity contribution is 0.102. The van der Waals surface area contributed by atoms with Gasteiger partial charge in [-0.1, -0.05) is 32.0 Å². The number of hydrogen-bond acceptors (Lipinski definition) is 4. The van der Waals surface area contributed by atoms with Gasteiger partial charge >= 0.3 is 0 Å². The number of hydrogen-bond donors (Lipinski definition) is 1. The number of pyridine rings is 1. The van der Waals surface area contributed by atoms with Crippen molar-refractivity contribution in [3.8, 4) is 22.6 Å². The predicted octanol–water partition coefficient (Wildman–Crippen LogP) is 5.42. The molecule has 1 N–H and O–H groups in total. The second kappa shape index (κ2) is 9.24. The summed E-state index contributed by atoms with van der Waals surface area (Å²) in [7, 11) is 0. The molecular formula is C24H26N2O3. The molecule has 1 aromatic heterocycles. The second-order valence-corrected chi connectivity index (χ2v) is 6.51. The van der Waals surface area contributed by atoms with Gasteiger partial charge < -0.3 is 14.8 Å². The van der Waals surface area contributed by atoms with Crippen molar-refractivity contribution in [3.05, 3.63) is 71.4 Å². The zero-order valence-electron chi connectivity index (χ0n) is 17.3. The van der Waals surface area contributed by atoms with E-state index in [9.17, 15) is 4.79 Å². The Hall–Kier alpha value is -3.34. The topological polar surface area (TPSA) is 60.5 Å². The number of fused-ring (bicyclic) bond motifs is 1. The summed E-state index contributed by atoms with van der Waals surface area (Å²) < 4.78 is 11.3. The van der Waals surface area contributed by atoms with E-state index in [-0.39, 0.29) is 5.91 Å². The number of benzene rings is 2. The van der Waals surface area contributed by atoms with Crippen molar-refractivity contribution in [3.63, 3.8) is 0 Å². The monoisotopic (exact) mass is 390 g/mol. The van der Waals surface area contributed by atoms with Crippen LogP contribution in [0.15, 0.2) is 54.7 Å². The fraction of sp³-hybridized carbons (Fsp3) is 0.250. The van der Waals surface area contributed by atoms with Crippen LogP contribution in [-0.4, -0.2) is 24.1 Å². The molecule has 0 unspecified atom stereocenters. The molecule has 0 atom stereocenters. The number of carbonyl (C=O) groups excluding carboxylic acids is 1. The summed E-state index contributed by atoms with van der Waals surface area (Å²) in [6.45, 7) is 9.07. The van der Waals surface area contributed by atoms with Gasteiger partial charge in [0, 0.05) is 17.3 Å². The minimum atomic E-state index is -0.163. The van der Waals surface area contributed by atoms with Crippen molar-refractivity contribution in [2.75, 3.05) is 18.5 Å². The number of nitrogens with zero attached hydrogens (tertiary/aromatic N) is 1. The summed E-state index contributed by atoms with van der Waals surface area (Å²) in [5.41, 5.74) is 4.64. The molecule has 150 valence electrons. The van der Waals surface area contributed by atoms with E-state index in [1.807, 2.05) is 70.2 Å². The summed E-state index contributed by atoms with van der Waals surface area (Å²) >= 11 is 0. The number of anilines is 1. The number of ether oxygens (including phenoxy) is 2. The number of aromatic nitrogens is 1. The highest BCUT2D eigenvalue weighted by atomic mass is 16.6. The van der Waals surface area contributed by atoms with Crippen molar-refractivity contribution in [2.45, 2.75) is 27.7 Å². The molecule has 29 heavy (non-hydrogen) atoms. The van der Waals surface area contributed by atoms with Crippen LogP contribution in [0.25, 0.3) is 11.1 Å². The van der Waals surface area contributed by atoms with Gasteiger partial charge in [-0.2, -0.15) is 0 Å². The molecule has 3 aromatic rings. The number of amides is 1. The molecule has 1 aliphatic heterocycles. The summed E-state index contributed by atoms with van der Waals surface area (Å²) in [4.78, 5) is 16.8. The van der Waals surface area contributed by atoms with Gasteiger partial charge in [-0.15, -0.1) is 0 Å². The smallest absolute Gasteiger partial charge is 0.257 e. The lowest BCUT2D eigenvalue weighted by Crippen LogP contribution is -2.15. The Morgan fingerprint density at radius 1 is 0.931 bits per heavy atom. The maximum absolute atomic E-state index is 12.4. The van der Waals surface area contributed by atoms with Gasteiger partial charge in [-0.25, -0.2) is 4.98 Å². The SMILES string of the molecule is CC.Cc1ccccc1C(=O)Nc1ccc(-c2cc3c(cc2C)OCCO3)cn1. The van der Waals surface area contributed by atoms with Gasteiger partial charge in [0.25, 0.3) is 5.91 Å². The first-order valence-electron chi connectivity index (χ1n) is 9.85. The first kappa shape index (κ1) is 20.4. The Bertz CT molecular complexity index is 998. The normalized spacial score (nSPS) is 11.9. The number of aryl methyl sites for hydroxylation is 2. The highest BCUT2D eigenvalue weighted by Crippen LogP contribution is 2.37. The predicted molar refractivity (Wildman–Crippen MR) is 116 cm³/mol. The Kier molecular flexibility index (Phi) is 6.50. The van der Waals surface area contributed by atoms with E-state index < -0.39 is 0 Å². The third-order valence-electron chi connectivity index (χ3n) is 4.59. The molecule has 0 saturated heterocycles. The lowest BCUT2D eigenvalue weighted by Gasteiger charge is -2.20. The van der Waals surface area contributed by atoms with E-state index in [0.717, 1.165) is 33.8 Å². The van der Waals surface area contributed by atoms with Crippen LogP contribution in [0.1, 0.15) is 35.3 Å². The minimum Gasteiger partial charge on any atom is -0.486 e. The van der Waals surface area contributed by atoms with Gasteiger partial charge in [0.15, 0.2) is 11.5 Å². The Morgan fingerprint density at radius 3 is 2.28 bits per heavy atom. The summed E-state index contributed by atoms with van der Waals surface area (Å²) in [6, 6.07) is 15.2. The van der Waals surface area contributed by atoms with Gasteiger partial charge in [0.1, 0.15) is 19.0 Å². The van der Waals surface area contributed by atoms with Crippen LogP contribution in [0.2, 0.25) is 0 Å². The molecule has 0 aliphatic carbocycles. The maximum Gasteiger partial charge on any atom is 0.257 e. The second-order valence-electron chi connectivity index (χ2n) is 6.51. The Labute approximate surface area is 171 Å². The molecule has 0 spiro atoms. The van der Waals surface area contributed by atoms with Crippen LogP contribution in [0.3, 0.4) is 0 Å². The third-order valence-corrected chi connectivity index (χ3v) is 4.59. The van der Waals surface area contributed by atoms with Crippen LogP contribution >= 0.6 is 0 Å². The molecule has 1 aliphatic rings. The average molecular weight is 390 g/mol. The third kappa shape index (κ3) is 4.57. The van der Waals surface area contributed by atoms with Gasteiger partial charge in [0.2, 0.25) is 0 Å². The highest BCUT2D eigenvalue weighted by molar-refractivity contribution is 6.04. The molecule has 5 nitrogen and oxygen atoms in total. The molecule has 0 fully saturated rings. The summed E-state index contributed by atoms with van der Waals surface area (Å²) in [5.74, 6) is 1.88. The highest BCUT2D eigenvalue weighted by Gasteiger charge is 2.15. The molecule has 5 heteroatoms. The number of rotatable bonds is 3. The fourth-order valence-corrected chi connectivity index (χ4v) is 3.14. The van der Waals surface area contributed by atoms with Crippen molar-refractivity contribution in [1.82, 2.24) is 4.98 Å². The van der Waals surface area contributed by atoms with Crippen molar-refractivity contribution < 1.29 is 14.3 Å². The number of nitrogens with one attached hydrogen (secondary N) is 1. The standard InChI is InChI=1S/C22H20N2O3.C2H6/c1-14-5-3-4-6-17(14)22(25)24-21-8-7-16(13-23-21)18-12-20-19(11-15(18)2)26-9-10-27-20;1-2/h3-8,11-13H,9-10H2,1-2H3,(H,23,24,25);1-2H3. The molecule has 4 rings (SSSR count). The Morgan fingerprint density at radius 2 is 1.62 bits per heavy atom. The molecule has 0 saturated carbocycles. The Balaban J connectivity index is 0.00000117. The van der Waals surface area contributed by atoms with Crippen molar-refractivity contribution >= 4 is 11.7 Å². The molecule has 0 bridgehead atoms. The first-order valence-corrected chi connectivity index (χ1v) is 9.85.